The fourth-order valence-corrected chi connectivity index (χ4v) is 2.16. The second kappa shape index (κ2) is 1.88. The Morgan fingerprint density at radius 2 is 1.90 bits per heavy atom. The van der Waals surface area contributed by atoms with E-state index in [1.54, 1.807) is 0 Å². The van der Waals surface area contributed by atoms with Crippen molar-refractivity contribution in [1.29, 1.82) is 0 Å². The van der Waals surface area contributed by atoms with Gasteiger partial charge in [-0.3, -0.25) is 0 Å². The third-order valence-corrected chi connectivity index (χ3v) is 3.66. The van der Waals surface area contributed by atoms with E-state index in [0.717, 1.165) is 5.75 Å². The summed E-state index contributed by atoms with van der Waals surface area (Å²) in [6, 6.07) is 0. The van der Waals surface area contributed by atoms with E-state index in [1.165, 1.54) is 11.8 Å². The van der Waals surface area contributed by atoms with Gasteiger partial charge in [0, 0.05) is 0 Å². The van der Waals surface area contributed by atoms with E-state index in [2.05, 4.69) is 0 Å². The maximum Gasteiger partial charge on any atom is 0.149 e. The molecule has 0 amide bonds. The van der Waals surface area contributed by atoms with E-state index in [1.807, 2.05) is 0 Å². The Kier molecular flexibility index (Phi) is 1.30. The van der Waals surface area contributed by atoms with E-state index >= 15 is 0 Å². The summed E-state index contributed by atoms with van der Waals surface area (Å²) in [4.78, 5) is -0.898. The van der Waals surface area contributed by atoms with Gasteiger partial charge in [0.25, 0.3) is 0 Å². The van der Waals surface area contributed by atoms with Gasteiger partial charge in [0.15, 0.2) is 0 Å². The number of ether oxygens (including phenoxy) is 1. The zero-order valence-electron chi connectivity index (χ0n) is 5.54. The Balaban J connectivity index is 2.08. The second-order valence-corrected chi connectivity index (χ2v) is 4.28. The summed E-state index contributed by atoms with van der Waals surface area (Å²) in [7, 11) is 0. The van der Waals surface area contributed by atoms with Gasteiger partial charge in [0.05, 0.1) is 13.2 Å². The summed E-state index contributed by atoms with van der Waals surface area (Å²) in [5.41, 5.74) is -0.948. The molecule has 0 radical (unpaired) electrons. The fourth-order valence-electron chi connectivity index (χ4n) is 1.18. The zero-order valence-corrected chi connectivity index (χ0v) is 6.36. The number of hydrogen-bond acceptors (Lipinski definition) is 4. The van der Waals surface area contributed by atoms with E-state index in [4.69, 9.17) is 4.74 Å². The lowest BCUT2D eigenvalue weighted by atomic mass is 9.91. The number of rotatable bonds is 1. The quantitative estimate of drug-likeness (QED) is 0.549. The molecule has 10 heavy (non-hydrogen) atoms. The molecule has 2 heterocycles. The first-order valence-corrected chi connectivity index (χ1v) is 4.31. The molecule has 2 aliphatic rings. The van der Waals surface area contributed by atoms with Gasteiger partial charge in [-0.15, -0.1) is 11.8 Å². The SMILES string of the molecule is OC1(C2(O)CCS2)COC1. The van der Waals surface area contributed by atoms with Crippen LogP contribution in [-0.4, -0.2) is 39.7 Å². The van der Waals surface area contributed by atoms with Crippen LogP contribution < -0.4 is 0 Å². The van der Waals surface area contributed by atoms with Gasteiger partial charge in [-0.2, -0.15) is 0 Å². The Labute approximate surface area is 63.4 Å². The predicted molar refractivity (Wildman–Crippen MR) is 37.8 cm³/mol. The van der Waals surface area contributed by atoms with Crippen LogP contribution in [0.15, 0.2) is 0 Å². The molecule has 0 bridgehead atoms. The van der Waals surface area contributed by atoms with Crippen LogP contribution in [0, 0.1) is 0 Å². The maximum absolute atomic E-state index is 9.62. The first-order valence-electron chi connectivity index (χ1n) is 3.33. The van der Waals surface area contributed by atoms with E-state index < -0.39 is 10.5 Å². The summed E-state index contributed by atoms with van der Waals surface area (Å²) in [6.45, 7) is 0.576. The van der Waals surface area contributed by atoms with Gasteiger partial charge in [0.1, 0.15) is 10.5 Å². The Bertz CT molecular complexity index is 133. The minimum atomic E-state index is -0.948. The average Bonchev–Trinajstić information content (AvgIpc) is 1.77. The average molecular weight is 162 g/mol. The van der Waals surface area contributed by atoms with Gasteiger partial charge in [0.2, 0.25) is 0 Å². The molecule has 2 N–H and O–H groups in total. The third-order valence-electron chi connectivity index (χ3n) is 2.19. The monoisotopic (exact) mass is 162 g/mol. The lowest BCUT2D eigenvalue weighted by Crippen LogP contribution is -2.67. The van der Waals surface area contributed by atoms with Crippen molar-refractivity contribution in [3.8, 4) is 0 Å². The van der Waals surface area contributed by atoms with Crippen LogP contribution in [0.25, 0.3) is 0 Å². The van der Waals surface area contributed by atoms with Crippen LogP contribution >= 0.6 is 11.8 Å². The molecule has 2 saturated heterocycles. The van der Waals surface area contributed by atoms with Crippen LogP contribution in [0.5, 0.6) is 0 Å². The number of hydrogen-bond donors (Lipinski definition) is 2. The molecule has 1 atom stereocenters. The van der Waals surface area contributed by atoms with Crippen molar-refractivity contribution in [1.82, 2.24) is 0 Å². The van der Waals surface area contributed by atoms with Crippen LogP contribution in [0.4, 0.5) is 0 Å². The summed E-state index contributed by atoms with van der Waals surface area (Å²) in [5.74, 6) is 0.943. The number of aliphatic hydroxyl groups is 2. The van der Waals surface area contributed by atoms with Crippen LogP contribution in [0.2, 0.25) is 0 Å². The maximum atomic E-state index is 9.62. The Morgan fingerprint density at radius 1 is 1.30 bits per heavy atom. The topological polar surface area (TPSA) is 49.7 Å². The molecule has 0 aromatic heterocycles. The minimum absolute atomic E-state index is 0.288. The largest absolute Gasteiger partial charge is 0.381 e. The molecule has 0 aromatic carbocycles. The van der Waals surface area contributed by atoms with Crippen molar-refractivity contribution in [3.05, 3.63) is 0 Å². The van der Waals surface area contributed by atoms with Gasteiger partial charge in [-0.1, -0.05) is 0 Å². The highest BCUT2D eigenvalue weighted by Gasteiger charge is 2.58. The van der Waals surface area contributed by atoms with Crippen LogP contribution in [0.1, 0.15) is 6.42 Å². The lowest BCUT2D eigenvalue weighted by Gasteiger charge is -2.52. The highest BCUT2D eigenvalue weighted by atomic mass is 32.2. The smallest absolute Gasteiger partial charge is 0.149 e. The normalized spacial score (nSPS) is 43.8. The zero-order chi connectivity index (χ0) is 7.24. The van der Waals surface area contributed by atoms with Gasteiger partial charge < -0.3 is 14.9 Å². The van der Waals surface area contributed by atoms with E-state index in [0.29, 0.717) is 6.42 Å². The fraction of sp³-hybridized carbons (Fsp3) is 1.00. The summed E-state index contributed by atoms with van der Waals surface area (Å²) in [6.07, 6.45) is 0.692. The molecule has 1 unspecified atom stereocenters. The second-order valence-electron chi connectivity index (χ2n) is 2.91. The van der Waals surface area contributed by atoms with Gasteiger partial charge >= 0.3 is 0 Å². The molecular weight excluding hydrogens is 152 g/mol. The lowest BCUT2D eigenvalue weighted by molar-refractivity contribution is -0.241. The highest BCUT2D eigenvalue weighted by Crippen LogP contribution is 2.48. The molecule has 0 saturated carbocycles. The first kappa shape index (κ1) is 6.91. The van der Waals surface area contributed by atoms with Crippen LogP contribution in [-0.2, 0) is 4.74 Å². The van der Waals surface area contributed by atoms with E-state index in [-0.39, 0.29) is 13.2 Å². The molecule has 2 rings (SSSR count). The molecular formula is C6H10O3S. The van der Waals surface area contributed by atoms with Crippen molar-refractivity contribution >= 4 is 11.8 Å². The molecule has 0 spiro atoms. The molecule has 0 aromatic rings. The summed E-state index contributed by atoms with van der Waals surface area (Å²) < 4.78 is 4.84. The first-order chi connectivity index (χ1) is 4.66. The van der Waals surface area contributed by atoms with Crippen molar-refractivity contribution in [2.45, 2.75) is 17.0 Å². The van der Waals surface area contributed by atoms with Gasteiger partial charge in [-0.05, 0) is 12.2 Å². The van der Waals surface area contributed by atoms with Crippen molar-refractivity contribution in [2.75, 3.05) is 19.0 Å². The van der Waals surface area contributed by atoms with Gasteiger partial charge in [-0.25, -0.2) is 0 Å². The van der Waals surface area contributed by atoms with E-state index in [9.17, 15) is 10.2 Å². The molecule has 2 fully saturated rings. The molecule has 3 nitrogen and oxygen atoms in total. The van der Waals surface area contributed by atoms with Crippen molar-refractivity contribution in [2.24, 2.45) is 0 Å². The minimum Gasteiger partial charge on any atom is -0.381 e. The summed E-state index contributed by atoms with van der Waals surface area (Å²) >= 11 is 1.42. The van der Waals surface area contributed by atoms with Crippen molar-refractivity contribution < 1.29 is 14.9 Å². The molecule has 58 valence electrons. The number of thioether (sulfide) groups is 1. The third kappa shape index (κ3) is 0.676. The Hall–Kier alpha value is 0.230. The molecule has 0 aliphatic carbocycles. The molecule has 4 heteroatoms. The molecule has 2 aliphatic heterocycles. The van der Waals surface area contributed by atoms with Crippen molar-refractivity contribution in [3.63, 3.8) is 0 Å². The Morgan fingerprint density at radius 3 is 2.00 bits per heavy atom. The highest BCUT2D eigenvalue weighted by molar-refractivity contribution is 8.01. The predicted octanol–water partition coefficient (Wildman–Crippen LogP) is -0.427. The summed E-state index contributed by atoms with van der Waals surface area (Å²) in [5, 5.41) is 19.2. The standard InChI is InChI=1S/C6H10O3S/c7-5(3-9-4-5)6(8)1-2-10-6/h7-8H,1-4H2. The van der Waals surface area contributed by atoms with Crippen LogP contribution in [0.3, 0.4) is 0 Å².